The Morgan fingerprint density at radius 1 is 0.895 bits per heavy atom. The zero-order valence-corrected chi connectivity index (χ0v) is 12.1. The summed E-state index contributed by atoms with van der Waals surface area (Å²) in [4.78, 5) is 11.2. The predicted molar refractivity (Wildman–Crippen MR) is 73.1 cm³/mol. The predicted octanol–water partition coefficient (Wildman–Crippen LogP) is 1.92. The second-order valence-corrected chi connectivity index (χ2v) is 4.38. The third-order valence-electron chi connectivity index (χ3n) is 2.50. The van der Waals surface area contributed by atoms with Crippen molar-refractivity contribution in [2.45, 2.75) is 45.4 Å². The largest absolute Gasteiger partial charge is 0.464 e. The highest BCUT2D eigenvalue weighted by molar-refractivity contribution is 5.70. The van der Waals surface area contributed by atoms with Gasteiger partial charge in [0.15, 0.2) is 0 Å². The van der Waals surface area contributed by atoms with Gasteiger partial charge in [0, 0.05) is 26.4 Å². The van der Waals surface area contributed by atoms with Gasteiger partial charge in [-0.3, -0.25) is 0 Å². The Hall–Kier alpha value is -0.650. The van der Waals surface area contributed by atoms with E-state index in [0.29, 0.717) is 19.8 Å². The van der Waals surface area contributed by atoms with Gasteiger partial charge in [0.2, 0.25) is 0 Å². The fraction of sp³-hybridized carbons (Fsp3) is 0.929. The van der Waals surface area contributed by atoms with Crippen LogP contribution >= 0.6 is 0 Å². The van der Waals surface area contributed by atoms with Gasteiger partial charge in [-0.2, -0.15) is 0 Å². The third-order valence-corrected chi connectivity index (χ3v) is 2.50. The highest BCUT2D eigenvalue weighted by Gasteiger charge is 2.01. The number of carbonyl (C=O) groups is 1. The SMILES string of the molecule is CCCCOC(=O)COCCCOCCCCCO. The molecule has 0 aliphatic carbocycles. The van der Waals surface area contributed by atoms with E-state index in [0.717, 1.165) is 45.1 Å². The molecule has 0 amide bonds. The van der Waals surface area contributed by atoms with Crippen molar-refractivity contribution in [1.29, 1.82) is 0 Å². The van der Waals surface area contributed by atoms with Gasteiger partial charge >= 0.3 is 5.97 Å². The van der Waals surface area contributed by atoms with E-state index in [-0.39, 0.29) is 19.2 Å². The molecule has 0 aromatic rings. The van der Waals surface area contributed by atoms with Crippen molar-refractivity contribution >= 4 is 5.97 Å². The maximum atomic E-state index is 11.2. The number of hydrogen-bond acceptors (Lipinski definition) is 5. The summed E-state index contributed by atoms with van der Waals surface area (Å²) < 4.78 is 15.5. The lowest BCUT2D eigenvalue weighted by atomic mass is 10.2. The third kappa shape index (κ3) is 15.3. The number of aliphatic hydroxyl groups is 1. The van der Waals surface area contributed by atoms with Gasteiger partial charge in [-0.1, -0.05) is 13.3 Å². The number of rotatable bonds is 14. The molecule has 0 rings (SSSR count). The second kappa shape index (κ2) is 15.4. The molecule has 0 heterocycles. The highest BCUT2D eigenvalue weighted by Crippen LogP contribution is 1.95. The van der Waals surface area contributed by atoms with E-state index in [2.05, 4.69) is 0 Å². The first kappa shape index (κ1) is 18.4. The van der Waals surface area contributed by atoms with Gasteiger partial charge in [0.1, 0.15) is 6.61 Å². The van der Waals surface area contributed by atoms with Crippen LogP contribution in [0, 0.1) is 0 Å². The molecule has 5 nitrogen and oxygen atoms in total. The van der Waals surface area contributed by atoms with E-state index in [4.69, 9.17) is 19.3 Å². The molecule has 0 fully saturated rings. The number of aliphatic hydroxyl groups excluding tert-OH is 1. The first-order valence-corrected chi connectivity index (χ1v) is 7.23. The van der Waals surface area contributed by atoms with Crippen molar-refractivity contribution in [2.24, 2.45) is 0 Å². The number of carbonyl (C=O) groups excluding carboxylic acids is 1. The average molecular weight is 276 g/mol. The van der Waals surface area contributed by atoms with E-state index in [1.54, 1.807) is 0 Å². The minimum absolute atomic E-state index is 0.0280. The number of unbranched alkanes of at least 4 members (excludes halogenated alkanes) is 3. The lowest BCUT2D eigenvalue weighted by molar-refractivity contribution is -0.149. The lowest BCUT2D eigenvalue weighted by Gasteiger charge is -2.06. The van der Waals surface area contributed by atoms with E-state index in [1.807, 2.05) is 6.92 Å². The molecule has 0 radical (unpaired) electrons. The lowest BCUT2D eigenvalue weighted by Crippen LogP contribution is -2.14. The molecule has 0 aromatic carbocycles. The zero-order chi connectivity index (χ0) is 14.2. The van der Waals surface area contributed by atoms with Crippen molar-refractivity contribution in [2.75, 3.05) is 39.6 Å². The van der Waals surface area contributed by atoms with Crippen molar-refractivity contribution in [3.8, 4) is 0 Å². The Morgan fingerprint density at radius 2 is 1.63 bits per heavy atom. The van der Waals surface area contributed by atoms with E-state index < -0.39 is 0 Å². The normalized spacial score (nSPS) is 10.6. The molecule has 0 saturated heterocycles. The number of esters is 1. The van der Waals surface area contributed by atoms with Crippen molar-refractivity contribution in [3.05, 3.63) is 0 Å². The van der Waals surface area contributed by atoms with Crippen LogP contribution in [-0.4, -0.2) is 50.7 Å². The molecule has 0 saturated carbocycles. The van der Waals surface area contributed by atoms with Gasteiger partial charge in [-0.15, -0.1) is 0 Å². The van der Waals surface area contributed by atoms with Crippen LogP contribution in [0.1, 0.15) is 45.4 Å². The quantitative estimate of drug-likeness (QED) is 0.388. The van der Waals surface area contributed by atoms with E-state index in [9.17, 15) is 4.79 Å². The highest BCUT2D eigenvalue weighted by atomic mass is 16.6. The molecule has 1 N–H and O–H groups in total. The van der Waals surface area contributed by atoms with Gasteiger partial charge in [-0.25, -0.2) is 4.79 Å². The smallest absolute Gasteiger partial charge is 0.332 e. The molecule has 0 spiro atoms. The molecule has 5 heteroatoms. The molecular weight excluding hydrogens is 248 g/mol. The van der Waals surface area contributed by atoms with Crippen LogP contribution < -0.4 is 0 Å². The topological polar surface area (TPSA) is 65.0 Å². The summed E-state index contributed by atoms with van der Waals surface area (Å²) >= 11 is 0. The summed E-state index contributed by atoms with van der Waals surface area (Å²) in [5.41, 5.74) is 0. The molecule has 0 aliphatic rings. The van der Waals surface area contributed by atoms with Crippen molar-refractivity contribution in [1.82, 2.24) is 0 Å². The van der Waals surface area contributed by atoms with Crippen LogP contribution in [0.2, 0.25) is 0 Å². The summed E-state index contributed by atoms with van der Waals surface area (Å²) in [6.45, 7) is 4.69. The maximum Gasteiger partial charge on any atom is 0.332 e. The monoisotopic (exact) mass is 276 g/mol. The fourth-order valence-electron chi connectivity index (χ4n) is 1.39. The van der Waals surface area contributed by atoms with E-state index in [1.165, 1.54) is 0 Å². The molecule has 0 unspecified atom stereocenters. The Morgan fingerprint density at radius 3 is 2.37 bits per heavy atom. The first-order valence-electron chi connectivity index (χ1n) is 7.23. The van der Waals surface area contributed by atoms with Crippen molar-refractivity contribution in [3.63, 3.8) is 0 Å². The number of hydrogen-bond donors (Lipinski definition) is 1. The maximum absolute atomic E-state index is 11.2. The van der Waals surface area contributed by atoms with Crippen molar-refractivity contribution < 1.29 is 24.1 Å². The molecule has 0 aliphatic heterocycles. The Bertz CT molecular complexity index is 196. The van der Waals surface area contributed by atoms with Crippen LogP contribution in [0.15, 0.2) is 0 Å². The Kier molecular flexibility index (Phi) is 14.9. The first-order chi connectivity index (χ1) is 9.31. The van der Waals surface area contributed by atoms with Gasteiger partial charge in [0.05, 0.1) is 6.61 Å². The van der Waals surface area contributed by atoms with Crippen LogP contribution in [0.5, 0.6) is 0 Å². The van der Waals surface area contributed by atoms with Crippen LogP contribution in [0.25, 0.3) is 0 Å². The average Bonchev–Trinajstić information content (AvgIpc) is 2.41. The summed E-state index contributed by atoms with van der Waals surface area (Å²) in [6, 6.07) is 0. The minimum atomic E-state index is -0.293. The molecule has 19 heavy (non-hydrogen) atoms. The summed E-state index contributed by atoms with van der Waals surface area (Å²) in [6.07, 6.45) is 5.51. The van der Waals surface area contributed by atoms with Gasteiger partial charge in [0.25, 0.3) is 0 Å². The summed E-state index contributed by atoms with van der Waals surface area (Å²) in [5, 5.41) is 8.58. The van der Waals surface area contributed by atoms with Gasteiger partial charge < -0.3 is 19.3 Å². The Balaban J connectivity index is 3.07. The zero-order valence-electron chi connectivity index (χ0n) is 12.1. The molecular formula is C14H28O5. The van der Waals surface area contributed by atoms with E-state index >= 15 is 0 Å². The van der Waals surface area contributed by atoms with Crippen LogP contribution in [-0.2, 0) is 19.0 Å². The molecule has 0 atom stereocenters. The van der Waals surface area contributed by atoms with Crippen LogP contribution in [0.3, 0.4) is 0 Å². The summed E-state index contributed by atoms with van der Waals surface area (Å²) in [7, 11) is 0. The van der Waals surface area contributed by atoms with Gasteiger partial charge in [-0.05, 0) is 32.1 Å². The molecule has 0 bridgehead atoms. The second-order valence-electron chi connectivity index (χ2n) is 4.38. The standard InChI is InChI=1S/C14H28O5/c1-2-3-12-19-14(16)13-18-11-7-10-17-9-6-4-5-8-15/h15H,2-13H2,1H3. The summed E-state index contributed by atoms with van der Waals surface area (Å²) in [5.74, 6) is -0.293. The fourth-order valence-corrected chi connectivity index (χ4v) is 1.39. The minimum Gasteiger partial charge on any atom is -0.464 e. The van der Waals surface area contributed by atoms with Crippen LogP contribution in [0.4, 0.5) is 0 Å². The molecule has 0 aromatic heterocycles. The number of ether oxygens (including phenoxy) is 3. The Labute approximate surface area is 116 Å². The molecule has 114 valence electrons.